The first-order valence-corrected chi connectivity index (χ1v) is 10.9. The zero-order valence-corrected chi connectivity index (χ0v) is 19.5. The second-order valence-electron chi connectivity index (χ2n) is 6.73. The summed E-state index contributed by atoms with van der Waals surface area (Å²) in [5, 5.41) is 0.521. The minimum atomic E-state index is -0.467. The van der Waals surface area contributed by atoms with Crippen LogP contribution in [0.15, 0.2) is 47.4 Å². The van der Waals surface area contributed by atoms with Crippen molar-refractivity contribution in [2.45, 2.75) is 20.0 Å². The molecular weight excluding hydrogens is 458 g/mol. The van der Waals surface area contributed by atoms with Crippen LogP contribution in [0.4, 0.5) is 5.69 Å². The van der Waals surface area contributed by atoms with Gasteiger partial charge < -0.3 is 14.2 Å². The third-order valence-electron chi connectivity index (χ3n) is 4.06. The molecule has 0 spiro atoms. The van der Waals surface area contributed by atoms with Gasteiger partial charge in [0.25, 0.3) is 5.91 Å². The van der Waals surface area contributed by atoms with E-state index in [0.29, 0.717) is 31.4 Å². The van der Waals surface area contributed by atoms with E-state index in [4.69, 9.17) is 38.0 Å². The van der Waals surface area contributed by atoms with Crippen molar-refractivity contribution in [3.8, 4) is 11.5 Å². The number of hydrogen-bond acceptors (Lipinski definition) is 7. The summed E-state index contributed by atoms with van der Waals surface area (Å²) < 4.78 is 16.4. The van der Waals surface area contributed by atoms with Crippen LogP contribution < -0.4 is 14.4 Å². The molecule has 1 saturated heterocycles. The van der Waals surface area contributed by atoms with Crippen LogP contribution in [0.5, 0.6) is 11.5 Å². The lowest BCUT2D eigenvalue weighted by Crippen LogP contribution is -2.27. The summed E-state index contributed by atoms with van der Waals surface area (Å²) >= 11 is 12.6. The predicted octanol–water partition coefficient (Wildman–Crippen LogP) is 5.08. The quantitative estimate of drug-likeness (QED) is 0.313. The van der Waals surface area contributed by atoms with Gasteiger partial charge in [0, 0.05) is 5.02 Å². The molecule has 1 amide bonds. The first kappa shape index (κ1) is 23.1. The standard InChI is InChI=1S/C22H20ClNO5S2/c1-13(2)29-20(25)12-28-17-8-7-14(9-18(17)27-3)10-19-21(26)24(22(30)31-19)16-6-4-5-15(23)11-16/h4-11,13H,12H2,1-3H3/b19-10+. The number of hydrogen-bond donors (Lipinski definition) is 0. The van der Waals surface area contributed by atoms with E-state index in [-0.39, 0.29) is 18.6 Å². The number of amides is 1. The molecule has 9 heteroatoms. The highest BCUT2D eigenvalue weighted by atomic mass is 35.5. The summed E-state index contributed by atoms with van der Waals surface area (Å²) in [7, 11) is 1.50. The van der Waals surface area contributed by atoms with Gasteiger partial charge in [-0.15, -0.1) is 0 Å². The Hall–Kier alpha value is -2.55. The van der Waals surface area contributed by atoms with Crippen LogP contribution in [-0.2, 0) is 14.3 Å². The second-order valence-corrected chi connectivity index (χ2v) is 8.85. The average molecular weight is 478 g/mol. The van der Waals surface area contributed by atoms with Crippen LogP contribution in [0.3, 0.4) is 0 Å². The number of carbonyl (C=O) groups excluding carboxylic acids is 2. The Balaban J connectivity index is 1.78. The molecule has 0 N–H and O–H groups in total. The largest absolute Gasteiger partial charge is 0.493 e. The number of thioether (sulfide) groups is 1. The van der Waals surface area contributed by atoms with Crippen molar-refractivity contribution in [3.05, 3.63) is 58.0 Å². The van der Waals surface area contributed by atoms with E-state index in [1.807, 2.05) is 0 Å². The van der Waals surface area contributed by atoms with Crippen molar-refractivity contribution in [2.24, 2.45) is 0 Å². The molecule has 1 fully saturated rings. The molecule has 0 saturated carbocycles. The molecule has 2 aromatic rings. The maximum atomic E-state index is 12.9. The lowest BCUT2D eigenvalue weighted by molar-refractivity contribution is -0.149. The van der Waals surface area contributed by atoms with Crippen LogP contribution in [0.1, 0.15) is 19.4 Å². The van der Waals surface area contributed by atoms with Crippen LogP contribution in [0.25, 0.3) is 6.08 Å². The van der Waals surface area contributed by atoms with Crippen molar-refractivity contribution in [3.63, 3.8) is 0 Å². The maximum Gasteiger partial charge on any atom is 0.344 e. The second kappa shape index (κ2) is 10.2. The molecule has 6 nitrogen and oxygen atoms in total. The highest BCUT2D eigenvalue weighted by Crippen LogP contribution is 2.37. The highest BCUT2D eigenvalue weighted by Gasteiger charge is 2.33. The Morgan fingerprint density at radius 3 is 2.68 bits per heavy atom. The lowest BCUT2D eigenvalue weighted by Gasteiger charge is -2.14. The van der Waals surface area contributed by atoms with Gasteiger partial charge in [-0.25, -0.2) is 4.79 Å². The van der Waals surface area contributed by atoms with Crippen LogP contribution in [-0.4, -0.2) is 36.0 Å². The van der Waals surface area contributed by atoms with Crippen molar-refractivity contribution in [1.82, 2.24) is 0 Å². The molecule has 3 rings (SSSR count). The molecule has 2 aromatic carbocycles. The van der Waals surface area contributed by atoms with E-state index in [2.05, 4.69) is 0 Å². The predicted molar refractivity (Wildman–Crippen MR) is 127 cm³/mol. The number of thiocarbonyl (C=S) groups is 1. The normalized spacial score (nSPS) is 15.0. The zero-order valence-electron chi connectivity index (χ0n) is 17.1. The number of esters is 1. The molecule has 1 aliphatic heterocycles. The van der Waals surface area contributed by atoms with E-state index < -0.39 is 5.97 Å². The first-order valence-electron chi connectivity index (χ1n) is 9.32. The fraction of sp³-hybridized carbons (Fsp3) is 0.227. The van der Waals surface area contributed by atoms with Gasteiger partial charge >= 0.3 is 5.97 Å². The minimum absolute atomic E-state index is 0.217. The fourth-order valence-electron chi connectivity index (χ4n) is 2.78. The van der Waals surface area contributed by atoms with Gasteiger partial charge in [0.1, 0.15) is 0 Å². The summed E-state index contributed by atoms with van der Waals surface area (Å²) in [5.41, 5.74) is 1.34. The molecule has 0 aliphatic carbocycles. The Bertz CT molecular complexity index is 1050. The van der Waals surface area contributed by atoms with Crippen molar-refractivity contribution >= 4 is 63.5 Å². The molecule has 0 bridgehead atoms. The third-order valence-corrected chi connectivity index (χ3v) is 5.60. The van der Waals surface area contributed by atoms with E-state index in [0.717, 1.165) is 5.56 Å². The first-order chi connectivity index (χ1) is 14.8. The van der Waals surface area contributed by atoms with Gasteiger partial charge in [-0.1, -0.05) is 47.7 Å². The van der Waals surface area contributed by atoms with E-state index >= 15 is 0 Å². The number of anilines is 1. The van der Waals surface area contributed by atoms with Crippen LogP contribution in [0, 0.1) is 0 Å². The van der Waals surface area contributed by atoms with Crippen molar-refractivity contribution in [2.75, 3.05) is 18.6 Å². The van der Waals surface area contributed by atoms with E-state index in [1.165, 1.54) is 23.8 Å². The van der Waals surface area contributed by atoms with Gasteiger partial charge in [-0.3, -0.25) is 9.69 Å². The van der Waals surface area contributed by atoms with Crippen molar-refractivity contribution in [1.29, 1.82) is 0 Å². The number of benzene rings is 2. The molecule has 0 atom stereocenters. The smallest absolute Gasteiger partial charge is 0.344 e. The maximum absolute atomic E-state index is 12.9. The summed E-state index contributed by atoms with van der Waals surface area (Å²) in [6.07, 6.45) is 1.51. The van der Waals surface area contributed by atoms with Crippen molar-refractivity contribution < 1.29 is 23.8 Å². The fourth-order valence-corrected chi connectivity index (χ4v) is 4.27. The molecular formula is C22H20ClNO5S2. The Morgan fingerprint density at radius 2 is 2.00 bits per heavy atom. The Morgan fingerprint density at radius 1 is 1.23 bits per heavy atom. The molecule has 1 aliphatic rings. The lowest BCUT2D eigenvalue weighted by atomic mass is 10.2. The Kier molecular flexibility index (Phi) is 7.59. The average Bonchev–Trinajstić information content (AvgIpc) is 2.99. The molecule has 1 heterocycles. The molecule has 31 heavy (non-hydrogen) atoms. The number of rotatable bonds is 7. The van der Waals surface area contributed by atoms with Gasteiger partial charge in [0.15, 0.2) is 22.4 Å². The molecule has 0 aromatic heterocycles. The zero-order chi connectivity index (χ0) is 22.5. The summed E-state index contributed by atoms with van der Waals surface area (Å²) in [4.78, 5) is 26.5. The summed E-state index contributed by atoms with van der Waals surface area (Å²) in [6, 6.07) is 12.1. The Labute approximate surface area is 195 Å². The monoisotopic (exact) mass is 477 g/mol. The van der Waals surface area contributed by atoms with Crippen LogP contribution >= 0.6 is 35.6 Å². The topological polar surface area (TPSA) is 65.1 Å². The van der Waals surface area contributed by atoms with E-state index in [1.54, 1.807) is 62.4 Å². The number of halogens is 1. The van der Waals surface area contributed by atoms with E-state index in [9.17, 15) is 9.59 Å². The summed E-state index contributed by atoms with van der Waals surface area (Å²) in [5.74, 6) is 0.127. The van der Waals surface area contributed by atoms with Gasteiger partial charge in [-0.05, 0) is 55.8 Å². The number of carbonyl (C=O) groups is 2. The van der Waals surface area contributed by atoms with Crippen LogP contribution in [0.2, 0.25) is 5.02 Å². The highest BCUT2D eigenvalue weighted by molar-refractivity contribution is 8.27. The minimum Gasteiger partial charge on any atom is -0.493 e. The van der Waals surface area contributed by atoms with Gasteiger partial charge in [-0.2, -0.15) is 0 Å². The van der Waals surface area contributed by atoms with Gasteiger partial charge in [0.05, 0.1) is 23.8 Å². The molecule has 162 valence electrons. The molecule has 0 unspecified atom stereocenters. The number of nitrogens with zero attached hydrogens (tertiary/aromatic N) is 1. The summed E-state index contributed by atoms with van der Waals surface area (Å²) in [6.45, 7) is 3.30. The number of methoxy groups -OCH3 is 1. The SMILES string of the molecule is COc1cc(/C=C2/SC(=S)N(c3cccc(Cl)c3)C2=O)ccc1OCC(=O)OC(C)C. The van der Waals surface area contributed by atoms with Gasteiger partial charge in [0.2, 0.25) is 0 Å². The molecule has 0 radical (unpaired) electrons. The third kappa shape index (κ3) is 5.78. The number of ether oxygens (including phenoxy) is 3.